The average Bonchev–Trinajstić information content (AvgIpc) is 2.11. The van der Waals surface area contributed by atoms with Gasteiger partial charge in [0.2, 0.25) is 0 Å². The predicted octanol–water partition coefficient (Wildman–Crippen LogP) is 3.08. The van der Waals surface area contributed by atoms with Gasteiger partial charge in [-0.05, 0) is 0 Å². The minimum Gasteiger partial charge on any atom is -0.383 e. The van der Waals surface area contributed by atoms with Gasteiger partial charge in [-0.3, -0.25) is 0 Å². The topological polar surface area (TPSA) is 20.2 Å². The van der Waals surface area contributed by atoms with Crippen molar-refractivity contribution in [1.82, 2.24) is 0 Å². The van der Waals surface area contributed by atoms with Gasteiger partial charge < -0.3 is 5.11 Å². The molecule has 0 rings (SSSR count). The van der Waals surface area contributed by atoms with Gasteiger partial charge in [-0.25, -0.2) is 13.2 Å². The van der Waals surface area contributed by atoms with Crippen LogP contribution in [0.1, 0.15) is 0 Å². The highest BCUT2D eigenvalue weighted by atomic mass is 19.4. The van der Waals surface area contributed by atoms with E-state index in [0.717, 1.165) is 0 Å². The Bertz CT molecular complexity index is 275. The van der Waals surface area contributed by atoms with Crippen LogP contribution in [0.4, 0.5) is 48.3 Å². The molecule has 0 spiro atoms. The second-order valence-electron chi connectivity index (χ2n) is 3.09. The Labute approximate surface area is 91.2 Å². The van der Waals surface area contributed by atoms with Crippen molar-refractivity contribution < 1.29 is 53.4 Å². The zero-order chi connectivity index (χ0) is 15.2. The van der Waals surface area contributed by atoms with E-state index in [0.29, 0.717) is 0 Å². The van der Waals surface area contributed by atoms with Crippen LogP contribution in [0, 0.1) is 0 Å². The molecule has 0 heterocycles. The third-order valence-electron chi connectivity index (χ3n) is 1.86. The Morgan fingerprint density at radius 3 is 1.11 bits per heavy atom. The molecule has 1 unspecified atom stereocenters. The lowest BCUT2D eigenvalue weighted by Gasteiger charge is -2.36. The molecule has 0 radical (unpaired) electrons. The molecule has 1 nitrogen and oxygen atoms in total. The van der Waals surface area contributed by atoms with Gasteiger partial charge in [0.15, 0.2) is 6.10 Å². The minimum atomic E-state index is -7.05. The maximum atomic E-state index is 12.7. The molecule has 18 heavy (non-hydrogen) atoms. The first-order chi connectivity index (χ1) is 7.60. The molecule has 0 saturated heterocycles. The molecule has 0 aromatic rings. The summed E-state index contributed by atoms with van der Waals surface area (Å²) in [6.07, 6.45) is -24.6. The van der Waals surface area contributed by atoms with E-state index in [2.05, 4.69) is 0 Å². The zero-order valence-electron chi connectivity index (χ0n) is 7.76. The monoisotopic (exact) mass is 300 g/mol. The third kappa shape index (κ3) is 2.47. The molecule has 0 aliphatic rings. The van der Waals surface area contributed by atoms with Crippen molar-refractivity contribution in [3.63, 3.8) is 0 Å². The van der Waals surface area contributed by atoms with Crippen LogP contribution in [0.2, 0.25) is 0 Å². The fourth-order valence-electron chi connectivity index (χ4n) is 0.855. The predicted molar refractivity (Wildman–Crippen MR) is 32.9 cm³/mol. The summed E-state index contributed by atoms with van der Waals surface area (Å²) in [5.41, 5.74) is -6.88. The Morgan fingerprint density at radius 1 is 0.667 bits per heavy atom. The first kappa shape index (κ1) is 17.2. The first-order valence-corrected chi connectivity index (χ1v) is 3.76. The first-order valence-electron chi connectivity index (χ1n) is 3.76. The molecule has 0 aliphatic carbocycles. The van der Waals surface area contributed by atoms with Crippen LogP contribution >= 0.6 is 0 Å². The zero-order valence-corrected chi connectivity index (χ0v) is 7.76. The third-order valence-corrected chi connectivity index (χ3v) is 1.86. The van der Waals surface area contributed by atoms with Crippen molar-refractivity contribution in [2.24, 2.45) is 0 Å². The highest BCUT2D eigenvalue weighted by molar-refractivity contribution is 5.06. The standard InChI is InChI=1S/C6H3F11O/c7-2(8)3(9,10)1(18)4(11,5(12,13)14)6(15,16)17/h1-2,18H. The van der Waals surface area contributed by atoms with E-state index in [4.69, 9.17) is 5.11 Å². The summed E-state index contributed by atoms with van der Waals surface area (Å²) in [6.45, 7) is 0. The van der Waals surface area contributed by atoms with Crippen molar-refractivity contribution in [2.75, 3.05) is 0 Å². The Morgan fingerprint density at radius 2 is 0.944 bits per heavy atom. The molecule has 1 N–H and O–H groups in total. The minimum absolute atomic E-state index is 5.12. The fraction of sp³-hybridized carbons (Fsp3) is 1.00. The van der Waals surface area contributed by atoms with Gasteiger partial charge >= 0.3 is 30.4 Å². The Hall–Kier alpha value is -0.810. The van der Waals surface area contributed by atoms with Gasteiger partial charge in [0.1, 0.15) is 0 Å². The fourth-order valence-corrected chi connectivity index (χ4v) is 0.855. The van der Waals surface area contributed by atoms with Crippen molar-refractivity contribution >= 4 is 0 Å². The molecule has 0 bridgehead atoms. The Balaban J connectivity index is 5.81. The molecular weight excluding hydrogens is 297 g/mol. The van der Waals surface area contributed by atoms with Crippen LogP contribution in [0.3, 0.4) is 0 Å². The van der Waals surface area contributed by atoms with Crippen molar-refractivity contribution in [3.8, 4) is 0 Å². The summed E-state index contributed by atoms with van der Waals surface area (Å²) in [5.74, 6) is -6.24. The van der Waals surface area contributed by atoms with Crippen molar-refractivity contribution in [3.05, 3.63) is 0 Å². The lowest BCUT2D eigenvalue weighted by molar-refractivity contribution is -0.390. The smallest absolute Gasteiger partial charge is 0.383 e. The number of hydrogen-bond acceptors (Lipinski definition) is 1. The second kappa shape index (κ2) is 4.38. The van der Waals surface area contributed by atoms with Gasteiger partial charge in [0.25, 0.3) is 0 Å². The van der Waals surface area contributed by atoms with E-state index in [-0.39, 0.29) is 0 Å². The molecule has 1 atom stereocenters. The summed E-state index contributed by atoms with van der Waals surface area (Å²) in [4.78, 5) is 0. The van der Waals surface area contributed by atoms with Gasteiger partial charge in [0.05, 0.1) is 0 Å². The van der Waals surface area contributed by atoms with Crippen molar-refractivity contribution in [2.45, 2.75) is 36.5 Å². The van der Waals surface area contributed by atoms with Crippen LogP contribution in [-0.2, 0) is 0 Å². The summed E-state index contributed by atoms with van der Waals surface area (Å²) >= 11 is 0. The number of alkyl halides is 11. The van der Waals surface area contributed by atoms with Gasteiger partial charge in [0, 0.05) is 0 Å². The van der Waals surface area contributed by atoms with E-state index >= 15 is 0 Å². The Kier molecular flexibility index (Phi) is 4.19. The summed E-state index contributed by atoms with van der Waals surface area (Å²) in [5, 5.41) is 8.09. The van der Waals surface area contributed by atoms with E-state index in [9.17, 15) is 48.3 Å². The average molecular weight is 300 g/mol. The van der Waals surface area contributed by atoms with Crippen LogP contribution in [0.15, 0.2) is 0 Å². The van der Waals surface area contributed by atoms with E-state index in [1.807, 2.05) is 0 Å². The van der Waals surface area contributed by atoms with Crippen LogP contribution < -0.4 is 0 Å². The highest BCUT2D eigenvalue weighted by Gasteiger charge is 2.81. The van der Waals surface area contributed by atoms with E-state index < -0.39 is 36.5 Å². The molecule has 0 aliphatic heterocycles. The number of aliphatic hydroxyl groups excluding tert-OH is 1. The highest BCUT2D eigenvalue weighted by Crippen LogP contribution is 2.52. The molecule has 110 valence electrons. The molecule has 12 heteroatoms. The number of aliphatic hydroxyl groups is 1. The molecule has 0 aromatic heterocycles. The molecule has 0 saturated carbocycles. The summed E-state index contributed by atoms with van der Waals surface area (Å²) in [6, 6.07) is 0. The quantitative estimate of drug-likeness (QED) is 0.794. The maximum absolute atomic E-state index is 12.7. The van der Waals surface area contributed by atoms with Crippen molar-refractivity contribution in [1.29, 1.82) is 0 Å². The van der Waals surface area contributed by atoms with Gasteiger partial charge in [-0.15, -0.1) is 0 Å². The lowest BCUT2D eigenvalue weighted by atomic mass is 9.92. The maximum Gasteiger partial charge on any atom is 0.434 e. The molecule has 0 aromatic carbocycles. The molecule has 0 amide bonds. The number of hydrogen-bond donors (Lipinski definition) is 1. The van der Waals surface area contributed by atoms with Gasteiger partial charge in [-0.2, -0.15) is 35.1 Å². The van der Waals surface area contributed by atoms with Gasteiger partial charge in [-0.1, -0.05) is 0 Å². The van der Waals surface area contributed by atoms with Crippen LogP contribution in [0.25, 0.3) is 0 Å². The number of halogens is 11. The molecular formula is C6H3F11O. The van der Waals surface area contributed by atoms with E-state index in [1.54, 1.807) is 0 Å². The SMILES string of the molecule is OC(C(F)(F)C(F)F)C(F)(C(F)(F)F)C(F)(F)F. The largest absolute Gasteiger partial charge is 0.434 e. The number of rotatable bonds is 3. The van der Waals surface area contributed by atoms with Crippen LogP contribution in [-0.4, -0.2) is 41.6 Å². The lowest BCUT2D eigenvalue weighted by Crippen LogP contribution is -2.67. The summed E-state index contributed by atoms with van der Waals surface area (Å²) in [7, 11) is 0. The second-order valence-corrected chi connectivity index (χ2v) is 3.09. The molecule has 0 fully saturated rings. The van der Waals surface area contributed by atoms with Crippen LogP contribution in [0.5, 0.6) is 0 Å². The normalized spacial score (nSPS) is 17.2. The summed E-state index contributed by atoms with van der Waals surface area (Å²) < 4.78 is 131. The van der Waals surface area contributed by atoms with E-state index in [1.165, 1.54) is 0 Å².